The summed E-state index contributed by atoms with van der Waals surface area (Å²) in [6.45, 7) is 8.16. The van der Waals surface area contributed by atoms with E-state index in [2.05, 4.69) is 22.1 Å². The van der Waals surface area contributed by atoms with Crippen LogP contribution in [0.5, 0.6) is 0 Å². The number of halogens is 1. The SMILES string of the molecule is CCNC(=NCCC(=O)N1CCCC1)N1CCC(COC)C1.I. The fraction of sp³-hybridized carbons (Fsp3) is 0.875. The van der Waals surface area contributed by atoms with Crippen LogP contribution in [-0.4, -0.2) is 74.7 Å². The molecule has 0 spiro atoms. The lowest BCUT2D eigenvalue weighted by atomic mass is 10.1. The van der Waals surface area contributed by atoms with Crippen molar-refractivity contribution in [2.45, 2.75) is 32.6 Å². The number of guanidine groups is 1. The molecule has 0 bridgehead atoms. The highest BCUT2D eigenvalue weighted by molar-refractivity contribution is 14.0. The van der Waals surface area contributed by atoms with Gasteiger partial charge in [0.05, 0.1) is 13.2 Å². The summed E-state index contributed by atoms with van der Waals surface area (Å²) in [7, 11) is 1.76. The van der Waals surface area contributed by atoms with Gasteiger partial charge in [-0.05, 0) is 26.2 Å². The Morgan fingerprint density at radius 3 is 2.65 bits per heavy atom. The first-order valence-electron chi connectivity index (χ1n) is 8.54. The number of carbonyl (C=O) groups excluding carboxylic acids is 1. The monoisotopic (exact) mass is 438 g/mol. The molecule has 1 unspecified atom stereocenters. The number of aliphatic imine (C=N–C) groups is 1. The molecule has 2 aliphatic rings. The first-order valence-corrected chi connectivity index (χ1v) is 8.54. The number of hydrogen-bond acceptors (Lipinski definition) is 3. The number of nitrogens with one attached hydrogen (secondary N) is 1. The number of likely N-dealkylation sites (tertiary alicyclic amines) is 2. The van der Waals surface area contributed by atoms with Crippen LogP contribution < -0.4 is 5.32 Å². The van der Waals surface area contributed by atoms with Crippen molar-refractivity contribution < 1.29 is 9.53 Å². The quantitative estimate of drug-likeness (QED) is 0.389. The molecule has 2 saturated heterocycles. The predicted octanol–water partition coefficient (Wildman–Crippen LogP) is 1.55. The molecule has 23 heavy (non-hydrogen) atoms. The van der Waals surface area contributed by atoms with E-state index >= 15 is 0 Å². The van der Waals surface area contributed by atoms with Crippen LogP contribution in [0.2, 0.25) is 0 Å². The number of amides is 1. The zero-order valence-electron chi connectivity index (χ0n) is 14.4. The van der Waals surface area contributed by atoms with E-state index in [0.717, 1.165) is 64.6 Å². The van der Waals surface area contributed by atoms with Crippen LogP contribution in [0.1, 0.15) is 32.6 Å². The van der Waals surface area contributed by atoms with E-state index < -0.39 is 0 Å². The third kappa shape index (κ3) is 6.45. The van der Waals surface area contributed by atoms with Crippen molar-refractivity contribution in [3.05, 3.63) is 0 Å². The van der Waals surface area contributed by atoms with Gasteiger partial charge in [-0.2, -0.15) is 0 Å². The van der Waals surface area contributed by atoms with E-state index in [1.54, 1.807) is 7.11 Å². The molecule has 0 radical (unpaired) electrons. The molecule has 1 atom stereocenters. The van der Waals surface area contributed by atoms with Gasteiger partial charge in [0.25, 0.3) is 0 Å². The number of hydrogen-bond donors (Lipinski definition) is 1. The first kappa shape index (κ1) is 20.5. The van der Waals surface area contributed by atoms with Gasteiger partial charge in [0, 0.05) is 52.2 Å². The van der Waals surface area contributed by atoms with Crippen LogP contribution in [0.25, 0.3) is 0 Å². The van der Waals surface area contributed by atoms with Crippen molar-refractivity contribution in [1.82, 2.24) is 15.1 Å². The van der Waals surface area contributed by atoms with Gasteiger partial charge in [-0.15, -0.1) is 24.0 Å². The molecule has 1 N–H and O–H groups in total. The zero-order valence-corrected chi connectivity index (χ0v) is 16.8. The summed E-state index contributed by atoms with van der Waals surface area (Å²) in [4.78, 5) is 20.9. The third-order valence-corrected chi connectivity index (χ3v) is 4.37. The zero-order chi connectivity index (χ0) is 15.8. The van der Waals surface area contributed by atoms with Crippen molar-refractivity contribution in [3.8, 4) is 0 Å². The summed E-state index contributed by atoms with van der Waals surface area (Å²) < 4.78 is 5.25. The molecule has 0 aromatic carbocycles. The van der Waals surface area contributed by atoms with Gasteiger partial charge in [-0.3, -0.25) is 9.79 Å². The van der Waals surface area contributed by atoms with Crippen LogP contribution in [0.15, 0.2) is 4.99 Å². The van der Waals surface area contributed by atoms with E-state index in [9.17, 15) is 4.79 Å². The minimum absolute atomic E-state index is 0. The molecular formula is C16H31IN4O2. The van der Waals surface area contributed by atoms with Crippen molar-refractivity contribution >= 4 is 35.8 Å². The van der Waals surface area contributed by atoms with Gasteiger partial charge in [0.2, 0.25) is 5.91 Å². The second-order valence-electron chi connectivity index (χ2n) is 6.13. The van der Waals surface area contributed by atoms with Crippen molar-refractivity contribution in [3.63, 3.8) is 0 Å². The molecule has 2 aliphatic heterocycles. The lowest BCUT2D eigenvalue weighted by Gasteiger charge is -2.22. The van der Waals surface area contributed by atoms with Gasteiger partial charge in [0.15, 0.2) is 5.96 Å². The molecule has 0 saturated carbocycles. The lowest BCUT2D eigenvalue weighted by Crippen LogP contribution is -2.40. The summed E-state index contributed by atoms with van der Waals surface area (Å²) in [5.74, 6) is 1.77. The Hall–Kier alpha value is -0.570. The highest BCUT2D eigenvalue weighted by Crippen LogP contribution is 2.16. The van der Waals surface area contributed by atoms with Gasteiger partial charge in [-0.1, -0.05) is 0 Å². The normalized spacial score (nSPS) is 21.5. The maximum absolute atomic E-state index is 12.0. The van der Waals surface area contributed by atoms with E-state index in [-0.39, 0.29) is 29.9 Å². The minimum atomic E-state index is 0. The van der Waals surface area contributed by atoms with Crippen LogP contribution >= 0.6 is 24.0 Å². The van der Waals surface area contributed by atoms with Gasteiger partial charge in [0.1, 0.15) is 0 Å². The van der Waals surface area contributed by atoms with Crippen molar-refractivity contribution in [1.29, 1.82) is 0 Å². The number of ether oxygens (including phenoxy) is 1. The molecule has 0 aromatic rings. The Labute approximate surface area is 157 Å². The van der Waals surface area contributed by atoms with Crippen LogP contribution in [0.3, 0.4) is 0 Å². The number of carbonyl (C=O) groups is 1. The standard InChI is InChI=1S/C16H30N4O2.HI/c1-3-17-16(20-11-7-14(12-20)13-22-2)18-8-6-15(21)19-9-4-5-10-19;/h14H,3-13H2,1-2H3,(H,17,18);1H. The molecule has 1 amide bonds. The molecule has 7 heteroatoms. The number of rotatable bonds is 6. The smallest absolute Gasteiger partial charge is 0.224 e. The summed E-state index contributed by atoms with van der Waals surface area (Å²) in [6, 6.07) is 0. The molecule has 2 rings (SSSR count). The van der Waals surface area contributed by atoms with Crippen LogP contribution in [-0.2, 0) is 9.53 Å². The Morgan fingerprint density at radius 2 is 2.00 bits per heavy atom. The number of nitrogens with zero attached hydrogens (tertiary/aromatic N) is 3. The average Bonchev–Trinajstić information content (AvgIpc) is 3.18. The lowest BCUT2D eigenvalue weighted by molar-refractivity contribution is -0.129. The summed E-state index contributed by atoms with van der Waals surface area (Å²) in [5, 5.41) is 3.34. The summed E-state index contributed by atoms with van der Waals surface area (Å²) >= 11 is 0. The molecule has 0 aromatic heterocycles. The Balaban J connectivity index is 0.00000264. The molecule has 134 valence electrons. The second kappa shape index (κ2) is 11.1. The topological polar surface area (TPSA) is 57.2 Å². The molecule has 6 nitrogen and oxygen atoms in total. The van der Waals surface area contributed by atoms with Gasteiger partial charge < -0.3 is 19.9 Å². The largest absolute Gasteiger partial charge is 0.384 e. The molecule has 0 aliphatic carbocycles. The minimum Gasteiger partial charge on any atom is -0.384 e. The maximum atomic E-state index is 12.0. The molecular weight excluding hydrogens is 407 g/mol. The highest BCUT2D eigenvalue weighted by Gasteiger charge is 2.24. The van der Waals surface area contributed by atoms with Gasteiger partial charge >= 0.3 is 0 Å². The van der Waals surface area contributed by atoms with Crippen LogP contribution in [0.4, 0.5) is 0 Å². The Kier molecular flexibility index (Phi) is 9.85. The molecule has 2 fully saturated rings. The Bertz CT molecular complexity index is 386. The van der Waals surface area contributed by atoms with E-state index in [4.69, 9.17) is 4.74 Å². The fourth-order valence-corrected chi connectivity index (χ4v) is 3.20. The van der Waals surface area contributed by atoms with Crippen molar-refractivity contribution in [2.75, 3.05) is 53.0 Å². The van der Waals surface area contributed by atoms with E-state index in [1.165, 1.54) is 0 Å². The first-order chi connectivity index (χ1) is 10.7. The summed E-state index contributed by atoms with van der Waals surface area (Å²) in [5.41, 5.74) is 0. The fourth-order valence-electron chi connectivity index (χ4n) is 3.20. The van der Waals surface area contributed by atoms with Gasteiger partial charge in [-0.25, -0.2) is 0 Å². The Morgan fingerprint density at radius 1 is 1.26 bits per heavy atom. The molecule has 2 heterocycles. The van der Waals surface area contributed by atoms with Crippen LogP contribution in [0, 0.1) is 5.92 Å². The maximum Gasteiger partial charge on any atom is 0.224 e. The van der Waals surface area contributed by atoms with E-state index in [1.807, 2.05) is 4.90 Å². The van der Waals surface area contributed by atoms with Crippen molar-refractivity contribution in [2.24, 2.45) is 10.9 Å². The highest BCUT2D eigenvalue weighted by atomic mass is 127. The average molecular weight is 438 g/mol. The number of methoxy groups -OCH3 is 1. The second-order valence-corrected chi connectivity index (χ2v) is 6.13. The summed E-state index contributed by atoms with van der Waals surface area (Å²) in [6.07, 6.45) is 3.95. The van der Waals surface area contributed by atoms with E-state index in [0.29, 0.717) is 18.9 Å². The third-order valence-electron chi connectivity index (χ3n) is 4.37. The predicted molar refractivity (Wildman–Crippen MR) is 103 cm³/mol.